The Bertz CT molecular complexity index is 388. The summed E-state index contributed by atoms with van der Waals surface area (Å²) in [5, 5.41) is 2.86. The van der Waals surface area contributed by atoms with E-state index in [-0.39, 0.29) is 5.91 Å². The molecule has 0 atom stereocenters. The summed E-state index contributed by atoms with van der Waals surface area (Å²) in [4.78, 5) is 11.6. The molecule has 3 N–H and O–H groups in total. The average Bonchev–Trinajstić information content (AvgIpc) is 2.28. The van der Waals surface area contributed by atoms with Gasteiger partial charge >= 0.3 is 0 Å². The molecule has 0 saturated carbocycles. The monoisotopic (exact) mass is 380 g/mol. The van der Waals surface area contributed by atoms with E-state index < -0.39 is 0 Å². The minimum absolute atomic E-state index is 0.00930. The lowest BCUT2D eigenvalue weighted by atomic mass is 10.3. The Kier molecular flexibility index (Phi) is 7.18. The fraction of sp³-hybridized carbons (Fsp3) is 0.364. The van der Waals surface area contributed by atoms with Crippen molar-refractivity contribution in [2.45, 2.75) is 6.42 Å². The van der Waals surface area contributed by atoms with Gasteiger partial charge in [-0.15, -0.1) is 0 Å². The lowest BCUT2D eigenvalue weighted by Crippen LogP contribution is -2.15. The van der Waals surface area contributed by atoms with Crippen LogP contribution in [0.3, 0.4) is 0 Å². The van der Waals surface area contributed by atoms with Crippen molar-refractivity contribution < 1.29 is 4.79 Å². The Labute approximate surface area is 122 Å². The second kappa shape index (κ2) is 8.13. The van der Waals surface area contributed by atoms with Crippen LogP contribution in [0.25, 0.3) is 0 Å². The van der Waals surface area contributed by atoms with Crippen molar-refractivity contribution in [3.8, 4) is 0 Å². The first kappa shape index (κ1) is 15.0. The molecule has 0 aliphatic carbocycles. The summed E-state index contributed by atoms with van der Waals surface area (Å²) in [5.74, 6) is 1.39. The first-order valence-electron chi connectivity index (χ1n) is 5.16. The van der Waals surface area contributed by atoms with Crippen LogP contribution >= 0.6 is 43.6 Å². The van der Waals surface area contributed by atoms with E-state index in [0.717, 1.165) is 26.8 Å². The number of anilines is 1. The average molecular weight is 382 g/mol. The minimum Gasteiger partial charge on any atom is -0.330 e. The van der Waals surface area contributed by atoms with E-state index in [1.54, 1.807) is 11.8 Å². The van der Waals surface area contributed by atoms with E-state index in [4.69, 9.17) is 5.73 Å². The highest BCUT2D eigenvalue weighted by Crippen LogP contribution is 2.26. The van der Waals surface area contributed by atoms with Crippen molar-refractivity contribution in [1.82, 2.24) is 0 Å². The number of hydrogen-bond donors (Lipinski definition) is 2. The molecular formula is C11H14Br2N2OS. The fourth-order valence-corrected chi connectivity index (χ4v) is 3.05. The molecule has 0 aromatic heterocycles. The summed E-state index contributed by atoms with van der Waals surface area (Å²) >= 11 is 8.36. The quantitative estimate of drug-likeness (QED) is 0.743. The summed E-state index contributed by atoms with van der Waals surface area (Å²) in [6.07, 6.45) is 0.944. The van der Waals surface area contributed by atoms with Crippen LogP contribution in [0.4, 0.5) is 5.69 Å². The van der Waals surface area contributed by atoms with Crippen LogP contribution in [0, 0.1) is 0 Å². The Morgan fingerprint density at radius 1 is 1.41 bits per heavy atom. The smallest absolute Gasteiger partial charge is 0.234 e. The molecule has 0 fully saturated rings. The van der Waals surface area contributed by atoms with E-state index in [2.05, 4.69) is 37.2 Å². The highest BCUT2D eigenvalue weighted by Gasteiger charge is 2.05. The summed E-state index contributed by atoms with van der Waals surface area (Å²) in [6, 6.07) is 5.65. The van der Waals surface area contributed by atoms with Gasteiger partial charge in [0.25, 0.3) is 0 Å². The van der Waals surface area contributed by atoms with Crippen LogP contribution in [-0.2, 0) is 4.79 Å². The number of halogens is 2. The molecule has 1 aromatic carbocycles. The molecule has 0 radical (unpaired) electrons. The van der Waals surface area contributed by atoms with Crippen LogP contribution < -0.4 is 11.1 Å². The number of carbonyl (C=O) groups excluding carboxylic acids is 1. The van der Waals surface area contributed by atoms with Gasteiger partial charge in [-0.2, -0.15) is 11.8 Å². The van der Waals surface area contributed by atoms with Crippen LogP contribution in [-0.4, -0.2) is 24.0 Å². The number of benzene rings is 1. The molecule has 0 aliphatic rings. The van der Waals surface area contributed by atoms with E-state index in [9.17, 15) is 4.79 Å². The van der Waals surface area contributed by atoms with Crippen LogP contribution in [0.2, 0.25) is 0 Å². The van der Waals surface area contributed by atoms with E-state index in [0.29, 0.717) is 12.3 Å². The fourth-order valence-electron chi connectivity index (χ4n) is 1.13. The third-order valence-electron chi connectivity index (χ3n) is 1.93. The van der Waals surface area contributed by atoms with Crippen molar-refractivity contribution in [1.29, 1.82) is 0 Å². The zero-order chi connectivity index (χ0) is 12.7. The van der Waals surface area contributed by atoms with Crippen molar-refractivity contribution in [3.63, 3.8) is 0 Å². The number of rotatable bonds is 6. The van der Waals surface area contributed by atoms with Crippen molar-refractivity contribution in [2.75, 3.05) is 23.4 Å². The summed E-state index contributed by atoms with van der Waals surface area (Å²) < 4.78 is 1.84. The number of amides is 1. The molecule has 6 heteroatoms. The van der Waals surface area contributed by atoms with Crippen molar-refractivity contribution in [3.05, 3.63) is 27.1 Å². The maximum atomic E-state index is 11.6. The van der Waals surface area contributed by atoms with E-state index in [1.807, 2.05) is 18.2 Å². The van der Waals surface area contributed by atoms with Gasteiger partial charge in [-0.1, -0.05) is 15.9 Å². The summed E-state index contributed by atoms with van der Waals surface area (Å²) in [7, 11) is 0. The highest BCUT2D eigenvalue weighted by atomic mass is 79.9. The lowest BCUT2D eigenvalue weighted by molar-refractivity contribution is -0.113. The van der Waals surface area contributed by atoms with Gasteiger partial charge in [0, 0.05) is 8.95 Å². The van der Waals surface area contributed by atoms with Crippen LogP contribution in [0.1, 0.15) is 6.42 Å². The molecular weight excluding hydrogens is 368 g/mol. The van der Waals surface area contributed by atoms with Crippen LogP contribution in [0.5, 0.6) is 0 Å². The molecule has 1 rings (SSSR count). The topological polar surface area (TPSA) is 55.1 Å². The Hall–Kier alpha value is -0.0400. The Morgan fingerprint density at radius 2 is 2.18 bits per heavy atom. The number of nitrogens with one attached hydrogen (secondary N) is 1. The van der Waals surface area contributed by atoms with Gasteiger partial charge in [-0.25, -0.2) is 0 Å². The SMILES string of the molecule is NCCCSCC(=O)Nc1ccc(Br)cc1Br. The highest BCUT2D eigenvalue weighted by molar-refractivity contribution is 9.11. The predicted octanol–water partition coefficient (Wildman–Crippen LogP) is 3.23. The third kappa shape index (κ3) is 5.90. The molecule has 0 saturated heterocycles. The third-order valence-corrected chi connectivity index (χ3v) is 4.12. The van der Waals surface area contributed by atoms with Gasteiger partial charge < -0.3 is 11.1 Å². The summed E-state index contributed by atoms with van der Waals surface area (Å²) in [5.41, 5.74) is 6.17. The van der Waals surface area contributed by atoms with Gasteiger partial charge in [0.15, 0.2) is 0 Å². The normalized spacial score (nSPS) is 10.3. The van der Waals surface area contributed by atoms with Gasteiger partial charge in [-0.05, 0) is 52.8 Å². The Balaban J connectivity index is 2.40. The molecule has 0 spiro atoms. The number of nitrogens with two attached hydrogens (primary N) is 1. The van der Waals surface area contributed by atoms with Gasteiger partial charge in [-0.3, -0.25) is 4.79 Å². The zero-order valence-electron chi connectivity index (χ0n) is 9.21. The molecule has 3 nitrogen and oxygen atoms in total. The van der Waals surface area contributed by atoms with Gasteiger partial charge in [0.2, 0.25) is 5.91 Å². The second-order valence-corrected chi connectivity index (χ2v) is 6.24. The van der Waals surface area contributed by atoms with Crippen molar-refractivity contribution in [2.24, 2.45) is 5.73 Å². The zero-order valence-corrected chi connectivity index (χ0v) is 13.2. The second-order valence-electron chi connectivity index (χ2n) is 3.37. The number of carbonyl (C=O) groups is 1. The lowest BCUT2D eigenvalue weighted by Gasteiger charge is -2.07. The molecule has 1 amide bonds. The number of hydrogen-bond acceptors (Lipinski definition) is 3. The molecule has 1 aromatic rings. The summed E-state index contributed by atoms with van der Waals surface area (Å²) in [6.45, 7) is 0.673. The maximum absolute atomic E-state index is 11.6. The van der Waals surface area contributed by atoms with E-state index >= 15 is 0 Å². The molecule has 0 heterocycles. The first-order valence-corrected chi connectivity index (χ1v) is 7.90. The molecule has 0 unspecified atom stereocenters. The molecule has 17 heavy (non-hydrogen) atoms. The largest absolute Gasteiger partial charge is 0.330 e. The minimum atomic E-state index is 0.00930. The van der Waals surface area contributed by atoms with Gasteiger partial charge in [0.1, 0.15) is 0 Å². The van der Waals surface area contributed by atoms with Gasteiger partial charge in [0.05, 0.1) is 11.4 Å². The first-order chi connectivity index (χ1) is 8.13. The molecule has 0 aliphatic heterocycles. The Morgan fingerprint density at radius 3 is 2.82 bits per heavy atom. The molecule has 94 valence electrons. The standard InChI is InChI=1S/C11H14Br2N2OS/c12-8-2-3-10(9(13)6-8)15-11(16)7-17-5-1-4-14/h2-3,6H,1,4-5,7,14H2,(H,15,16). The molecule has 0 bridgehead atoms. The van der Waals surface area contributed by atoms with E-state index in [1.165, 1.54) is 0 Å². The number of thioether (sulfide) groups is 1. The van der Waals surface area contributed by atoms with Crippen LogP contribution in [0.15, 0.2) is 27.1 Å². The predicted molar refractivity (Wildman–Crippen MR) is 81.5 cm³/mol. The van der Waals surface area contributed by atoms with Crippen molar-refractivity contribution >= 4 is 55.2 Å². The maximum Gasteiger partial charge on any atom is 0.234 e.